The molecule has 0 aliphatic carbocycles. The summed E-state index contributed by atoms with van der Waals surface area (Å²) in [6, 6.07) is 4.24. The molecule has 1 aliphatic rings. The van der Waals surface area contributed by atoms with Crippen molar-refractivity contribution in [3.8, 4) is 0 Å². The summed E-state index contributed by atoms with van der Waals surface area (Å²) in [5.41, 5.74) is 0. The van der Waals surface area contributed by atoms with Crippen LogP contribution in [0.25, 0.3) is 0 Å². The van der Waals surface area contributed by atoms with Crippen LogP contribution in [-0.4, -0.2) is 34.3 Å². The van der Waals surface area contributed by atoms with Crippen molar-refractivity contribution < 1.29 is 0 Å². The molecular formula is C15H23IN6S. The first-order chi connectivity index (χ1) is 10.9. The van der Waals surface area contributed by atoms with Gasteiger partial charge in [-0.25, -0.2) is 0 Å². The van der Waals surface area contributed by atoms with Gasteiger partial charge in [-0.05, 0) is 30.7 Å². The average molecular weight is 446 g/mol. The highest BCUT2D eigenvalue weighted by Crippen LogP contribution is 2.13. The molecule has 23 heavy (non-hydrogen) atoms. The highest BCUT2D eigenvalue weighted by Gasteiger charge is 2.15. The van der Waals surface area contributed by atoms with Crippen molar-refractivity contribution in [1.29, 1.82) is 0 Å². The summed E-state index contributed by atoms with van der Waals surface area (Å²) in [6.07, 6.45) is 4.49. The highest BCUT2D eigenvalue weighted by atomic mass is 127. The van der Waals surface area contributed by atoms with Crippen LogP contribution in [0.3, 0.4) is 0 Å². The van der Waals surface area contributed by atoms with Crippen LogP contribution in [0.2, 0.25) is 0 Å². The zero-order valence-electron chi connectivity index (χ0n) is 13.3. The molecule has 2 aromatic rings. The Kier molecular flexibility index (Phi) is 7.28. The number of fused-ring (bicyclic) bond motifs is 1. The topological polar surface area (TPSA) is 67.1 Å². The summed E-state index contributed by atoms with van der Waals surface area (Å²) < 4.78 is 2.23. The SMILES string of the molecule is CN=C(NCCc1cccs1)NCc1nnc2n1CCCC2.I. The second-order valence-corrected chi connectivity index (χ2v) is 6.36. The molecule has 0 radical (unpaired) electrons. The molecule has 3 heterocycles. The summed E-state index contributed by atoms with van der Waals surface area (Å²) >= 11 is 1.79. The Hall–Kier alpha value is -1.16. The molecule has 3 rings (SSSR count). The van der Waals surface area contributed by atoms with E-state index in [9.17, 15) is 0 Å². The molecule has 2 aromatic heterocycles. The fourth-order valence-corrected chi connectivity index (χ4v) is 3.35. The molecule has 126 valence electrons. The Bertz CT molecular complexity index is 622. The van der Waals surface area contributed by atoms with Crippen LogP contribution in [0.1, 0.15) is 29.4 Å². The number of nitrogens with one attached hydrogen (secondary N) is 2. The number of aromatic nitrogens is 3. The number of aryl methyl sites for hydroxylation is 1. The van der Waals surface area contributed by atoms with Gasteiger partial charge in [-0.2, -0.15) is 0 Å². The number of hydrogen-bond acceptors (Lipinski definition) is 4. The van der Waals surface area contributed by atoms with Crippen molar-refractivity contribution >= 4 is 41.3 Å². The van der Waals surface area contributed by atoms with Crippen LogP contribution in [0.5, 0.6) is 0 Å². The van der Waals surface area contributed by atoms with E-state index in [1.807, 2.05) is 0 Å². The first-order valence-corrected chi connectivity index (χ1v) is 8.62. The molecule has 0 fully saturated rings. The first kappa shape index (κ1) is 18.2. The van der Waals surface area contributed by atoms with Crippen LogP contribution < -0.4 is 10.6 Å². The van der Waals surface area contributed by atoms with Gasteiger partial charge in [-0.1, -0.05) is 6.07 Å². The standard InChI is InChI=1S/C15H22N6S.HI/c1-16-15(17-8-7-12-5-4-10-22-12)18-11-14-20-19-13-6-2-3-9-21(13)14;/h4-5,10H,2-3,6-9,11H2,1H3,(H2,16,17,18);1H. The molecule has 2 N–H and O–H groups in total. The summed E-state index contributed by atoms with van der Waals surface area (Å²) in [4.78, 5) is 5.64. The Morgan fingerprint density at radius 1 is 1.35 bits per heavy atom. The predicted molar refractivity (Wildman–Crippen MR) is 105 cm³/mol. The van der Waals surface area contributed by atoms with Crippen LogP contribution >= 0.6 is 35.3 Å². The maximum absolute atomic E-state index is 4.29. The number of rotatable bonds is 5. The quantitative estimate of drug-likeness (QED) is 0.420. The van der Waals surface area contributed by atoms with Crippen LogP contribution in [0.15, 0.2) is 22.5 Å². The molecule has 0 unspecified atom stereocenters. The van der Waals surface area contributed by atoms with Gasteiger partial charge in [0.25, 0.3) is 0 Å². The van der Waals surface area contributed by atoms with E-state index in [0.717, 1.165) is 43.5 Å². The minimum atomic E-state index is 0. The van der Waals surface area contributed by atoms with E-state index >= 15 is 0 Å². The van der Waals surface area contributed by atoms with Crippen LogP contribution in [0.4, 0.5) is 0 Å². The van der Waals surface area contributed by atoms with Crippen molar-refractivity contribution in [3.05, 3.63) is 34.0 Å². The van der Waals surface area contributed by atoms with E-state index in [2.05, 4.69) is 47.9 Å². The summed E-state index contributed by atoms with van der Waals surface area (Å²) in [7, 11) is 1.79. The molecule has 0 spiro atoms. The molecular weight excluding hydrogens is 423 g/mol. The monoisotopic (exact) mass is 446 g/mol. The number of nitrogens with zero attached hydrogens (tertiary/aromatic N) is 4. The molecule has 8 heteroatoms. The third kappa shape index (κ3) is 4.90. The zero-order valence-corrected chi connectivity index (χ0v) is 16.4. The van der Waals surface area contributed by atoms with Crippen LogP contribution in [-0.2, 0) is 25.9 Å². The number of thiophene rings is 1. The highest BCUT2D eigenvalue weighted by molar-refractivity contribution is 14.0. The number of guanidine groups is 1. The van der Waals surface area contributed by atoms with Crippen LogP contribution in [0, 0.1) is 0 Å². The maximum Gasteiger partial charge on any atom is 0.191 e. The summed E-state index contributed by atoms with van der Waals surface area (Å²) in [6.45, 7) is 2.56. The normalized spacial score (nSPS) is 14.0. The average Bonchev–Trinajstić information content (AvgIpc) is 3.20. The van der Waals surface area contributed by atoms with E-state index in [1.165, 1.54) is 17.7 Å². The third-order valence-electron chi connectivity index (χ3n) is 3.82. The Balaban J connectivity index is 0.00000192. The molecule has 1 aliphatic heterocycles. The fraction of sp³-hybridized carbons (Fsp3) is 0.533. The Morgan fingerprint density at radius 2 is 2.26 bits per heavy atom. The number of halogens is 1. The largest absolute Gasteiger partial charge is 0.356 e. The Labute approximate surface area is 157 Å². The molecule has 0 saturated heterocycles. The molecule has 6 nitrogen and oxygen atoms in total. The van der Waals surface area contributed by atoms with E-state index in [-0.39, 0.29) is 24.0 Å². The second kappa shape index (κ2) is 9.21. The van der Waals surface area contributed by atoms with E-state index in [1.54, 1.807) is 18.4 Å². The second-order valence-electron chi connectivity index (χ2n) is 5.32. The van der Waals surface area contributed by atoms with E-state index in [0.29, 0.717) is 6.54 Å². The van der Waals surface area contributed by atoms with Gasteiger partial charge < -0.3 is 15.2 Å². The molecule has 0 bridgehead atoms. The van der Waals surface area contributed by atoms with E-state index in [4.69, 9.17) is 0 Å². The minimum Gasteiger partial charge on any atom is -0.356 e. The zero-order chi connectivity index (χ0) is 15.2. The number of hydrogen-bond donors (Lipinski definition) is 2. The molecule has 0 amide bonds. The molecule has 0 aromatic carbocycles. The lowest BCUT2D eigenvalue weighted by Crippen LogP contribution is -2.38. The van der Waals surface area contributed by atoms with Gasteiger partial charge in [-0.15, -0.1) is 45.5 Å². The van der Waals surface area contributed by atoms with Gasteiger partial charge in [0, 0.05) is 31.4 Å². The predicted octanol–water partition coefficient (Wildman–Crippen LogP) is 2.20. The van der Waals surface area contributed by atoms with Gasteiger partial charge in [0.2, 0.25) is 0 Å². The van der Waals surface area contributed by atoms with Crippen molar-refractivity contribution in [1.82, 2.24) is 25.4 Å². The summed E-state index contributed by atoms with van der Waals surface area (Å²) in [5.74, 6) is 2.92. The van der Waals surface area contributed by atoms with Crippen molar-refractivity contribution in [3.63, 3.8) is 0 Å². The van der Waals surface area contributed by atoms with Gasteiger partial charge in [0.15, 0.2) is 11.8 Å². The lowest BCUT2D eigenvalue weighted by molar-refractivity contribution is 0.504. The van der Waals surface area contributed by atoms with Crippen molar-refractivity contribution in [2.45, 2.75) is 38.8 Å². The lowest BCUT2D eigenvalue weighted by Gasteiger charge is -2.16. The van der Waals surface area contributed by atoms with Crippen molar-refractivity contribution in [2.75, 3.05) is 13.6 Å². The summed E-state index contributed by atoms with van der Waals surface area (Å²) in [5, 5.41) is 17.3. The molecule has 0 atom stereocenters. The first-order valence-electron chi connectivity index (χ1n) is 7.74. The van der Waals surface area contributed by atoms with E-state index < -0.39 is 0 Å². The third-order valence-corrected chi connectivity index (χ3v) is 4.75. The van der Waals surface area contributed by atoms with Gasteiger partial charge in [0.1, 0.15) is 5.82 Å². The fourth-order valence-electron chi connectivity index (χ4n) is 2.64. The maximum atomic E-state index is 4.29. The smallest absolute Gasteiger partial charge is 0.191 e. The van der Waals surface area contributed by atoms with Gasteiger partial charge in [0.05, 0.1) is 6.54 Å². The lowest BCUT2D eigenvalue weighted by atomic mass is 10.2. The Morgan fingerprint density at radius 3 is 3.04 bits per heavy atom. The van der Waals surface area contributed by atoms with Gasteiger partial charge >= 0.3 is 0 Å². The van der Waals surface area contributed by atoms with Gasteiger partial charge in [-0.3, -0.25) is 4.99 Å². The number of aliphatic imine (C=N–C) groups is 1. The molecule has 0 saturated carbocycles. The minimum absolute atomic E-state index is 0. The van der Waals surface area contributed by atoms with Crippen molar-refractivity contribution in [2.24, 2.45) is 4.99 Å².